The normalized spacial score (nSPS) is 18.2. The molecule has 1 aromatic heterocycles. The highest BCUT2D eigenvalue weighted by Crippen LogP contribution is 2.27. The van der Waals surface area contributed by atoms with Crippen LogP contribution in [0, 0.1) is 5.92 Å². The SMILES string of the molecule is O=c1ccn(CC(O)C2CCCCC2)c2ccccc12. The molecule has 106 valence electrons. The van der Waals surface area contributed by atoms with E-state index < -0.39 is 0 Å². The number of benzene rings is 1. The fourth-order valence-corrected chi connectivity index (χ4v) is 3.29. The van der Waals surface area contributed by atoms with Crippen molar-refractivity contribution in [2.75, 3.05) is 0 Å². The maximum absolute atomic E-state index is 11.8. The monoisotopic (exact) mass is 271 g/mol. The zero-order chi connectivity index (χ0) is 13.9. The number of hydrogen-bond acceptors (Lipinski definition) is 2. The summed E-state index contributed by atoms with van der Waals surface area (Å²) in [5.41, 5.74) is 0.957. The van der Waals surface area contributed by atoms with Crippen LogP contribution in [0.25, 0.3) is 10.9 Å². The first-order chi connectivity index (χ1) is 9.75. The average molecular weight is 271 g/mol. The van der Waals surface area contributed by atoms with E-state index in [4.69, 9.17) is 0 Å². The smallest absolute Gasteiger partial charge is 0.189 e. The highest BCUT2D eigenvalue weighted by atomic mass is 16.3. The summed E-state index contributed by atoms with van der Waals surface area (Å²) in [6, 6.07) is 9.21. The van der Waals surface area contributed by atoms with Crippen LogP contribution in [0.4, 0.5) is 0 Å². The molecule has 1 fully saturated rings. The van der Waals surface area contributed by atoms with Crippen molar-refractivity contribution in [3.63, 3.8) is 0 Å². The number of hydrogen-bond donors (Lipinski definition) is 1. The van der Waals surface area contributed by atoms with E-state index in [1.807, 2.05) is 28.8 Å². The molecule has 1 heterocycles. The minimum absolute atomic E-state index is 0.0454. The second-order valence-corrected chi connectivity index (χ2v) is 5.81. The van der Waals surface area contributed by atoms with Gasteiger partial charge in [-0.2, -0.15) is 0 Å². The van der Waals surface area contributed by atoms with Gasteiger partial charge in [0.25, 0.3) is 0 Å². The number of pyridine rings is 1. The average Bonchev–Trinajstić information content (AvgIpc) is 2.51. The molecule has 1 saturated carbocycles. The molecule has 1 N–H and O–H groups in total. The molecule has 20 heavy (non-hydrogen) atoms. The van der Waals surface area contributed by atoms with Crippen LogP contribution in [-0.2, 0) is 6.54 Å². The highest BCUT2D eigenvalue weighted by molar-refractivity contribution is 5.78. The standard InChI is InChI=1S/C17H21NO2/c19-16-10-11-18(15-9-5-4-8-14(15)16)12-17(20)13-6-2-1-3-7-13/h4-5,8-11,13,17,20H,1-3,6-7,12H2. The lowest BCUT2D eigenvalue weighted by Gasteiger charge is -2.27. The number of aromatic nitrogens is 1. The zero-order valence-electron chi connectivity index (χ0n) is 11.7. The Balaban J connectivity index is 1.87. The molecule has 3 heteroatoms. The second-order valence-electron chi connectivity index (χ2n) is 5.81. The van der Waals surface area contributed by atoms with Gasteiger partial charge < -0.3 is 9.67 Å². The molecular formula is C17H21NO2. The van der Waals surface area contributed by atoms with Crippen molar-refractivity contribution < 1.29 is 5.11 Å². The first-order valence-electron chi connectivity index (χ1n) is 7.52. The maximum Gasteiger partial charge on any atom is 0.189 e. The summed E-state index contributed by atoms with van der Waals surface area (Å²) in [7, 11) is 0. The van der Waals surface area contributed by atoms with Gasteiger partial charge in [0.2, 0.25) is 0 Å². The third-order valence-corrected chi connectivity index (χ3v) is 4.46. The summed E-state index contributed by atoms with van der Waals surface area (Å²) >= 11 is 0. The largest absolute Gasteiger partial charge is 0.391 e. The van der Waals surface area contributed by atoms with Crippen molar-refractivity contribution in [3.05, 3.63) is 46.8 Å². The first kappa shape index (κ1) is 13.4. The Hall–Kier alpha value is -1.61. The van der Waals surface area contributed by atoms with Crippen molar-refractivity contribution in [2.24, 2.45) is 5.92 Å². The van der Waals surface area contributed by atoms with Gasteiger partial charge in [-0.3, -0.25) is 4.79 Å². The topological polar surface area (TPSA) is 42.2 Å². The van der Waals surface area contributed by atoms with Crippen LogP contribution in [0.2, 0.25) is 0 Å². The van der Waals surface area contributed by atoms with E-state index in [0.29, 0.717) is 12.5 Å². The van der Waals surface area contributed by atoms with Crippen LogP contribution in [0.3, 0.4) is 0 Å². The third-order valence-electron chi connectivity index (χ3n) is 4.46. The van der Waals surface area contributed by atoms with Crippen molar-refractivity contribution in [1.29, 1.82) is 0 Å². The minimum Gasteiger partial charge on any atom is -0.391 e. The molecule has 0 aliphatic heterocycles. The van der Waals surface area contributed by atoms with Gasteiger partial charge in [0.15, 0.2) is 5.43 Å². The van der Waals surface area contributed by atoms with Gasteiger partial charge in [0.1, 0.15) is 0 Å². The number of aliphatic hydroxyl groups is 1. The Morgan fingerprint density at radius 2 is 1.90 bits per heavy atom. The van der Waals surface area contributed by atoms with Gasteiger partial charge in [0, 0.05) is 24.2 Å². The van der Waals surface area contributed by atoms with Gasteiger partial charge in [-0.05, 0) is 30.9 Å². The van der Waals surface area contributed by atoms with Crippen molar-refractivity contribution in [1.82, 2.24) is 4.57 Å². The zero-order valence-corrected chi connectivity index (χ0v) is 11.7. The van der Waals surface area contributed by atoms with Gasteiger partial charge in [-0.1, -0.05) is 31.4 Å². The third kappa shape index (κ3) is 2.63. The van der Waals surface area contributed by atoms with Crippen LogP contribution in [0.15, 0.2) is 41.3 Å². The van der Waals surface area contributed by atoms with Crippen LogP contribution in [-0.4, -0.2) is 15.8 Å². The molecule has 0 bridgehead atoms. The number of aliphatic hydroxyl groups excluding tert-OH is 1. The molecule has 0 radical (unpaired) electrons. The molecule has 3 rings (SSSR count). The van der Waals surface area contributed by atoms with Crippen LogP contribution >= 0.6 is 0 Å². The Kier molecular flexibility index (Phi) is 3.88. The molecule has 1 atom stereocenters. The Morgan fingerprint density at radius 3 is 2.70 bits per heavy atom. The molecule has 1 unspecified atom stereocenters. The Bertz CT molecular complexity index is 641. The Morgan fingerprint density at radius 1 is 1.15 bits per heavy atom. The molecule has 2 aromatic rings. The summed E-state index contributed by atoms with van der Waals surface area (Å²) in [6.07, 6.45) is 7.49. The lowest BCUT2D eigenvalue weighted by atomic mass is 9.85. The molecule has 1 aliphatic carbocycles. The molecule has 1 aliphatic rings. The van der Waals surface area contributed by atoms with E-state index in [9.17, 15) is 9.90 Å². The Labute approximate surface area is 118 Å². The minimum atomic E-state index is -0.318. The van der Waals surface area contributed by atoms with Crippen molar-refractivity contribution in [2.45, 2.75) is 44.8 Å². The molecular weight excluding hydrogens is 250 g/mol. The molecule has 0 saturated heterocycles. The van der Waals surface area contributed by atoms with E-state index >= 15 is 0 Å². The number of fused-ring (bicyclic) bond motifs is 1. The fraction of sp³-hybridized carbons (Fsp3) is 0.471. The lowest BCUT2D eigenvalue weighted by Crippen LogP contribution is -2.28. The summed E-state index contributed by atoms with van der Waals surface area (Å²) in [5.74, 6) is 0.405. The van der Waals surface area contributed by atoms with Gasteiger partial charge in [0.05, 0.1) is 11.6 Å². The quantitative estimate of drug-likeness (QED) is 0.932. The van der Waals surface area contributed by atoms with Gasteiger partial charge in [-0.25, -0.2) is 0 Å². The van der Waals surface area contributed by atoms with Crippen molar-refractivity contribution >= 4 is 10.9 Å². The lowest BCUT2D eigenvalue weighted by molar-refractivity contribution is 0.0705. The van der Waals surface area contributed by atoms with Crippen LogP contribution < -0.4 is 5.43 Å². The summed E-state index contributed by atoms with van der Waals surface area (Å²) in [6.45, 7) is 0.575. The summed E-state index contributed by atoms with van der Waals surface area (Å²) in [4.78, 5) is 11.8. The molecule has 1 aromatic carbocycles. The summed E-state index contributed by atoms with van der Waals surface area (Å²) in [5, 5.41) is 11.2. The van der Waals surface area contributed by atoms with E-state index in [1.54, 1.807) is 12.3 Å². The predicted molar refractivity (Wildman–Crippen MR) is 80.8 cm³/mol. The predicted octanol–water partition coefficient (Wildman–Crippen LogP) is 2.94. The van der Waals surface area contributed by atoms with E-state index in [2.05, 4.69) is 0 Å². The second kappa shape index (κ2) is 5.80. The maximum atomic E-state index is 11.8. The van der Waals surface area contributed by atoms with Crippen LogP contribution in [0.1, 0.15) is 32.1 Å². The molecule has 0 spiro atoms. The summed E-state index contributed by atoms with van der Waals surface area (Å²) < 4.78 is 2.01. The van der Waals surface area contributed by atoms with E-state index in [-0.39, 0.29) is 11.5 Å². The van der Waals surface area contributed by atoms with Gasteiger partial charge in [-0.15, -0.1) is 0 Å². The van der Waals surface area contributed by atoms with E-state index in [1.165, 1.54) is 19.3 Å². The number of para-hydroxylation sites is 1. The fourth-order valence-electron chi connectivity index (χ4n) is 3.29. The number of nitrogens with zero attached hydrogens (tertiary/aromatic N) is 1. The molecule has 3 nitrogen and oxygen atoms in total. The number of rotatable bonds is 3. The molecule has 0 amide bonds. The van der Waals surface area contributed by atoms with Gasteiger partial charge >= 0.3 is 0 Å². The van der Waals surface area contributed by atoms with Crippen LogP contribution in [0.5, 0.6) is 0 Å². The van der Waals surface area contributed by atoms with Crippen molar-refractivity contribution in [3.8, 4) is 0 Å². The van der Waals surface area contributed by atoms with E-state index in [0.717, 1.165) is 23.7 Å². The first-order valence-corrected chi connectivity index (χ1v) is 7.52. The highest BCUT2D eigenvalue weighted by Gasteiger charge is 2.22.